The van der Waals surface area contributed by atoms with Crippen LogP contribution in [0.15, 0.2) is 72.9 Å². The van der Waals surface area contributed by atoms with Crippen LogP contribution in [0.1, 0.15) is 0 Å². The smallest absolute Gasteiger partial charge is 0.326 e. The Balaban J connectivity index is 1.41. The monoisotopic (exact) mass is 405 g/mol. The van der Waals surface area contributed by atoms with Crippen LogP contribution in [0.25, 0.3) is 11.3 Å². The number of aromatic nitrogens is 2. The Morgan fingerprint density at radius 3 is 2.60 bits per heavy atom. The molecule has 0 saturated heterocycles. The molecule has 2 heterocycles. The third kappa shape index (κ3) is 4.65. The van der Waals surface area contributed by atoms with Crippen molar-refractivity contribution in [2.45, 2.75) is 0 Å². The molecular formula is C21H19N5O4. The third-order valence-corrected chi connectivity index (χ3v) is 4.19. The highest BCUT2D eigenvalue weighted by Crippen LogP contribution is 2.29. The van der Waals surface area contributed by atoms with Crippen LogP contribution in [-0.2, 0) is 9.78 Å². The number of methoxy groups -OCH3 is 1. The average Bonchev–Trinajstić information content (AvgIpc) is 3.28. The fourth-order valence-corrected chi connectivity index (χ4v) is 2.80. The highest BCUT2D eigenvalue weighted by molar-refractivity contribution is 5.90. The SMILES string of the molecule is COc1ccccc1-c1cc(Nc2ccc(NC(=O)NC3=CCOO3)cc2)ncn1. The van der Waals surface area contributed by atoms with Crippen LogP contribution < -0.4 is 20.7 Å². The maximum absolute atomic E-state index is 11.9. The molecule has 30 heavy (non-hydrogen) atoms. The van der Waals surface area contributed by atoms with Gasteiger partial charge in [0.05, 0.1) is 12.8 Å². The summed E-state index contributed by atoms with van der Waals surface area (Å²) in [4.78, 5) is 30.0. The first kappa shape index (κ1) is 19.2. The number of amides is 2. The van der Waals surface area contributed by atoms with Crippen molar-refractivity contribution in [3.63, 3.8) is 0 Å². The first-order chi connectivity index (χ1) is 14.7. The molecule has 2 aromatic carbocycles. The van der Waals surface area contributed by atoms with E-state index in [1.54, 1.807) is 25.3 Å². The number of nitrogens with one attached hydrogen (secondary N) is 3. The molecule has 0 fully saturated rings. The van der Waals surface area contributed by atoms with Crippen LogP contribution in [0.3, 0.4) is 0 Å². The first-order valence-electron chi connectivity index (χ1n) is 9.11. The number of rotatable bonds is 6. The predicted octanol–water partition coefficient (Wildman–Crippen LogP) is 3.82. The molecule has 0 spiro atoms. The van der Waals surface area contributed by atoms with E-state index in [9.17, 15) is 4.79 Å². The van der Waals surface area contributed by atoms with Gasteiger partial charge in [-0.1, -0.05) is 12.1 Å². The number of anilines is 3. The van der Waals surface area contributed by atoms with E-state index in [2.05, 4.69) is 30.8 Å². The van der Waals surface area contributed by atoms with E-state index < -0.39 is 6.03 Å². The van der Waals surface area contributed by atoms with Crippen LogP contribution >= 0.6 is 0 Å². The Kier molecular flexibility index (Phi) is 5.72. The number of carbonyl (C=O) groups is 1. The van der Waals surface area contributed by atoms with Crippen molar-refractivity contribution < 1.29 is 19.3 Å². The zero-order valence-corrected chi connectivity index (χ0v) is 16.1. The number of urea groups is 1. The molecule has 9 heteroatoms. The molecule has 1 aromatic heterocycles. The standard InChI is InChI=1S/C21H19N5O4/c1-28-18-5-3-2-4-16(18)17-12-19(23-13-22-17)24-14-6-8-15(9-7-14)25-21(27)26-20-10-11-29-30-20/h2-10,12-13H,11H2,1H3,(H,22,23,24)(H2,25,26,27). The Morgan fingerprint density at radius 1 is 1.03 bits per heavy atom. The third-order valence-electron chi connectivity index (χ3n) is 4.19. The Morgan fingerprint density at radius 2 is 1.83 bits per heavy atom. The zero-order chi connectivity index (χ0) is 20.8. The van der Waals surface area contributed by atoms with Gasteiger partial charge in [-0.05, 0) is 36.4 Å². The van der Waals surface area contributed by atoms with Gasteiger partial charge in [0.25, 0.3) is 0 Å². The largest absolute Gasteiger partial charge is 0.496 e. The molecule has 9 nitrogen and oxygen atoms in total. The van der Waals surface area contributed by atoms with Gasteiger partial charge in [0, 0.05) is 29.1 Å². The quantitative estimate of drug-likeness (QED) is 0.535. The van der Waals surface area contributed by atoms with Gasteiger partial charge in [0.2, 0.25) is 5.88 Å². The molecule has 0 aliphatic carbocycles. The van der Waals surface area contributed by atoms with Crippen molar-refractivity contribution in [2.75, 3.05) is 24.4 Å². The average molecular weight is 405 g/mol. The van der Waals surface area contributed by atoms with Gasteiger partial charge in [-0.25, -0.2) is 14.8 Å². The number of nitrogens with zero attached hydrogens (tertiary/aromatic N) is 2. The van der Waals surface area contributed by atoms with Gasteiger partial charge >= 0.3 is 6.03 Å². The normalized spacial score (nSPS) is 12.5. The summed E-state index contributed by atoms with van der Waals surface area (Å²) in [6.45, 7) is 0.303. The molecule has 3 aromatic rings. The van der Waals surface area contributed by atoms with E-state index in [0.717, 1.165) is 22.7 Å². The molecule has 3 N–H and O–H groups in total. The van der Waals surface area contributed by atoms with Crippen molar-refractivity contribution in [3.05, 3.63) is 72.9 Å². The maximum Gasteiger partial charge on any atom is 0.326 e. The van der Waals surface area contributed by atoms with Crippen LogP contribution in [0.5, 0.6) is 5.75 Å². The van der Waals surface area contributed by atoms with Crippen molar-refractivity contribution in [3.8, 4) is 17.0 Å². The Bertz CT molecular complexity index is 1070. The summed E-state index contributed by atoms with van der Waals surface area (Å²) >= 11 is 0. The molecule has 4 rings (SSSR count). The molecule has 0 unspecified atom stereocenters. The minimum atomic E-state index is -0.426. The lowest BCUT2D eigenvalue weighted by Gasteiger charge is -2.11. The second-order valence-electron chi connectivity index (χ2n) is 6.21. The molecule has 1 aliphatic heterocycles. The highest BCUT2D eigenvalue weighted by atomic mass is 17.2. The summed E-state index contributed by atoms with van der Waals surface area (Å²) in [5, 5.41) is 8.47. The second kappa shape index (κ2) is 8.93. The number of carbonyl (C=O) groups excluding carboxylic acids is 1. The summed E-state index contributed by atoms with van der Waals surface area (Å²) in [5.74, 6) is 1.64. The Hall–Kier alpha value is -4.11. The first-order valence-corrected chi connectivity index (χ1v) is 9.11. The van der Waals surface area contributed by atoms with Crippen LogP contribution in [0.4, 0.5) is 22.0 Å². The van der Waals surface area contributed by atoms with E-state index in [0.29, 0.717) is 18.1 Å². The van der Waals surface area contributed by atoms with E-state index in [-0.39, 0.29) is 5.88 Å². The molecular weight excluding hydrogens is 386 g/mol. The lowest BCUT2D eigenvalue weighted by molar-refractivity contribution is -0.236. The topological polar surface area (TPSA) is 107 Å². The van der Waals surface area contributed by atoms with E-state index in [1.807, 2.05) is 42.5 Å². The molecule has 0 atom stereocenters. The van der Waals surface area contributed by atoms with E-state index in [1.165, 1.54) is 6.33 Å². The van der Waals surface area contributed by atoms with E-state index >= 15 is 0 Å². The number of ether oxygens (including phenoxy) is 1. The Labute approximate surface area is 172 Å². The van der Waals surface area contributed by atoms with Gasteiger partial charge in [-0.2, -0.15) is 4.89 Å². The van der Waals surface area contributed by atoms with Crippen LogP contribution in [0, 0.1) is 0 Å². The number of hydrogen-bond acceptors (Lipinski definition) is 7. The van der Waals surface area contributed by atoms with Crippen molar-refractivity contribution in [2.24, 2.45) is 0 Å². The van der Waals surface area contributed by atoms with Crippen LogP contribution in [0.2, 0.25) is 0 Å². The summed E-state index contributed by atoms with van der Waals surface area (Å²) in [5.41, 5.74) is 3.05. The number of hydrogen-bond donors (Lipinski definition) is 3. The summed E-state index contributed by atoms with van der Waals surface area (Å²) in [6.07, 6.45) is 3.11. The maximum atomic E-state index is 11.9. The summed E-state index contributed by atoms with van der Waals surface area (Å²) < 4.78 is 5.41. The highest BCUT2D eigenvalue weighted by Gasteiger charge is 2.11. The van der Waals surface area contributed by atoms with Crippen molar-refractivity contribution in [1.82, 2.24) is 15.3 Å². The number of benzene rings is 2. The van der Waals surface area contributed by atoms with Gasteiger partial charge in [-0.3, -0.25) is 5.32 Å². The molecule has 2 amide bonds. The predicted molar refractivity (Wildman–Crippen MR) is 111 cm³/mol. The molecule has 1 aliphatic rings. The summed E-state index contributed by atoms with van der Waals surface area (Å²) in [6, 6.07) is 16.3. The van der Waals surface area contributed by atoms with Gasteiger partial charge in [-0.15, -0.1) is 0 Å². The lowest BCUT2D eigenvalue weighted by atomic mass is 10.1. The fourth-order valence-electron chi connectivity index (χ4n) is 2.80. The summed E-state index contributed by atoms with van der Waals surface area (Å²) in [7, 11) is 1.63. The molecule has 0 bridgehead atoms. The van der Waals surface area contributed by atoms with Gasteiger partial charge in [0.15, 0.2) is 0 Å². The van der Waals surface area contributed by atoms with Crippen LogP contribution in [-0.4, -0.2) is 29.7 Å². The van der Waals surface area contributed by atoms with Gasteiger partial charge in [0.1, 0.15) is 24.5 Å². The van der Waals surface area contributed by atoms with Crippen molar-refractivity contribution >= 4 is 23.2 Å². The molecule has 152 valence electrons. The van der Waals surface area contributed by atoms with E-state index in [4.69, 9.17) is 9.62 Å². The molecule has 0 radical (unpaired) electrons. The molecule has 0 saturated carbocycles. The van der Waals surface area contributed by atoms with Gasteiger partial charge < -0.3 is 20.3 Å². The van der Waals surface area contributed by atoms with Crippen molar-refractivity contribution in [1.29, 1.82) is 0 Å². The minimum Gasteiger partial charge on any atom is -0.496 e. The minimum absolute atomic E-state index is 0.264. The zero-order valence-electron chi connectivity index (χ0n) is 16.1. The second-order valence-corrected chi connectivity index (χ2v) is 6.21. The lowest BCUT2D eigenvalue weighted by Crippen LogP contribution is -2.28. The fraction of sp³-hybridized carbons (Fsp3) is 0.0952. The number of para-hydroxylation sites is 1.